The van der Waals surface area contributed by atoms with Crippen molar-refractivity contribution in [2.24, 2.45) is 28.3 Å². The number of ether oxygens (including phenoxy) is 1. The molecule has 0 heterocycles. The van der Waals surface area contributed by atoms with E-state index < -0.39 is 0 Å². The number of hydrazone groups is 1. The SMILES string of the molecule is N#CCOc1ccc(/C=N\NC(=O)CC23CC4CC(CC(C4)C2)C3)cc1. The van der Waals surface area contributed by atoms with Gasteiger partial charge in [0, 0.05) is 6.42 Å². The molecule has 5 nitrogen and oxygen atoms in total. The Labute approximate surface area is 154 Å². The second-order valence-corrected chi connectivity index (χ2v) is 8.40. The molecule has 4 saturated carbocycles. The number of hydrogen-bond acceptors (Lipinski definition) is 4. The van der Waals surface area contributed by atoms with Crippen LogP contribution in [0.4, 0.5) is 0 Å². The Bertz CT molecular complexity index is 697. The van der Waals surface area contributed by atoms with Crippen LogP contribution < -0.4 is 10.2 Å². The summed E-state index contributed by atoms with van der Waals surface area (Å²) in [6, 6.07) is 9.21. The zero-order valence-corrected chi connectivity index (χ0v) is 15.0. The normalized spacial score (nSPS) is 31.7. The smallest absolute Gasteiger partial charge is 0.240 e. The van der Waals surface area contributed by atoms with Gasteiger partial charge in [0.2, 0.25) is 5.91 Å². The lowest BCUT2D eigenvalue weighted by molar-refractivity contribution is -0.129. The number of carbonyl (C=O) groups excluding carboxylic acids is 1. The molecule has 1 aromatic carbocycles. The Hall–Kier alpha value is -2.35. The van der Waals surface area contributed by atoms with E-state index in [1.54, 1.807) is 18.3 Å². The van der Waals surface area contributed by atoms with E-state index in [0.29, 0.717) is 12.2 Å². The number of nitrogens with one attached hydrogen (secondary N) is 1. The van der Waals surface area contributed by atoms with Crippen LogP contribution in [0.3, 0.4) is 0 Å². The van der Waals surface area contributed by atoms with Crippen LogP contribution in [0.15, 0.2) is 29.4 Å². The van der Waals surface area contributed by atoms with E-state index in [4.69, 9.17) is 10.00 Å². The maximum Gasteiger partial charge on any atom is 0.240 e. The van der Waals surface area contributed by atoms with Gasteiger partial charge < -0.3 is 4.74 Å². The first-order valence-corrected chi connectivity index (χ1v) is 9.56. The highest BCUT2D eigenvalue weighted by molar-refractivity contribution is 5.82. The average Bonchev–Trinajstić information content (AvgIpc) is 2.59. The molecule has 0 radical (unpaired) electrons. The molecule has 4 bridgehead atoms. The van der Waals surface area contributed by atoms with Crippen molar-refractivity contribution in [2.45, 2.75) is 44.9 Å². The summed E-state index contributed by atoms with van der Waals surface area (Å²) in [4.78, 5) is 12.4. The van der Waals surface area contributed by atoms with E-state index in [-0.39, 0.29) is 17.9 Å². The van der Waals surface area contributed by atoms with E-state index in [1.165, 1.54) is 38.5 Å². The molecule has 5 rings (SSSR count). The third-order valence-corrected chi connectivity index (χ3v) is 6.29. The van der Waals surface area contributed by atoms with Crippen molar-refractivity contribution in [3.63, 3.8) is 0 Å². The summed E-state index contributed by atoms with van der Waals surface area (Å²) in [5, 5.41) is 12.6. The van der Waals surface area contributed by atoms with E-state index >= 15 is 0 Å². The highest BCUT2D eigenvalue weighted by Gasteiger charge is 2.51. The van der Waals surface area contributed by atoms with Gasteiger partial charge in [-0.3, -0.25) is 4.79 Å². The minimum absolute atomic E-state index is 0.0355. The topological polar surface area (TPSA) is 74.5 Å². The first-order valence-electron chi connectivity index (χ1n) is 9.56. The average molecular weight is 351 g/mol. The third-order valence-electron chi connectivity index (χ3n) is 6.29. The van der Waals surface area contributed by atoms with Crippen LogP contribution in [0.25, 0.3) is 0 Å². The van der Waals surface area contributed by atoms with Crippen LogP contribution in [0.1, 0.15) is 50.5 Å². The van der Waals surface area contributed by atoms with Crippen LogP contribution >= 0.6 is 0 Å². The highest BCUT2D eigenvalue weighted by atomic mass is 16.5. The number of carbonyl (C=O) groups is 1. The summed E-state index contributed by atoms with van der Waals surface area (Å²) in [6.07, 6.45) is 10.2. The number of nitriles is 1. The lowest BCUT2D eigenvalue weighted by atomic mass is 9.49. The van der Waals surface area contributed by atoms with Gasteiger partial charge in [-0.1, -0.05) is 0 Å². The standard InChI is InChI=1S/C21H25N3O2/c22-5-6-26-19-3-1-15(2-4-19)14-23-24-20(25)13-21-10-16-7-17(11-21)9-18(8-16)12-21/h1-4,14,16-18H,6-13H2,(H,24,25)/b23-14-. The number of amides is 1. The van der Waals surface area contributed by atoms with Gasteiger partial charge in [0.1, 0.15) is 11.8 Å². The van der Waals surface area contributed by atoms with Gasteiger partial charge in [0.05, 0.1) is 6.21 Å². The number of rotatable bonds is 6. The van der Waals surface area contributed by atoms with Gasteiger partial charge in [0.25, 0.3) is 0 Å². The van der Waals surface area contributed by atoms with Crippen molar-refractivity contribution in [1.29, 1.82) is 5.26 Å². The maximum atomic E-state index is 12.4. The Kier molecular flexibility index (Phi) is 4.67. The fraction of sp³-hybridized carbons (Fsp3) is 0.571. The summed E-state index contributed by atoms with van der Waals surface area (Å²) in [5.41, 5.74) is 3.83. The zero-order chi connectivity index (χ0) is 18.0. The summed E-state index contributed by atoms with van der Waals surface area (Å²) >= 11 is 0. The Morgan fingerprint density at radius 1 is 1.19 bits per heavy atom. The monoisotopic (exact) mass is 351 g/mol. The van der Waals surface area contributed by atoms with Gasteiger partial charge in [-0.2, -0.15) is 10.4 Å². The van der Waals surface area contributed by atoms with Gasteiger partial charge in [-0.15, -0.1) is 0 Å². The first kappa shape index (κ1) is 17.1. The molecule has 0 atom stereocenters. The first-order chi connectivity index (χ1) is 12.6. The largest absolute Gasteiger partial charge is 0.479 e. The molecule has 0 spiro atoms. The molecule has 4 aliphatic carbocycles. The minimum atomic E-state index is 0.0355. The van der Waals surface area contributed by atoms with Gasteiger partial charge in [0.15, 0.2) is 6.61 Å². The Morgan fingerprint density at radius 3 is 2.38 bits per heavy atom. The van der Waals surface area contributed by atoms with E-state index in [9.17, 15) is 4.79 Å². The molecular weight excluding hydrogens is 326 g/mol. The molecule has 4 aliphatic rings. The van der Waals surface area contributed by atoms with Gasteiger partial charge in [-0.05, 0) is 91.5 Å². The molecular formula is C21H25N3O2. The highest BCUT2D eigenvalue weighted by Crippen LogP contribution is 2.61. The van der Waals surface area contributed by atoms with Crippen LogP contribution in [-0.4, -0.2) is 18.7 Å². The molecule has 26 heavy (non-hydrogen) atoms. The van der Waals surface area contributed by atoms with Crippen LogP contribution in [-0.2, 0) is 4.79 Å². The van der Waals surface area contributed by atoms with E-state index in [1.807, 2.05) is 18.2 Å². The molecule has 0 aromatic heterocycles. The zero-order valence-electron chi connectivity index (χ0n) is 15.0. The molecule has 0 aliphatic heterocycles. The number of nitrogens with zero attached hydrogens (tertiary/aromatic N) is 2. The Balaban J connectivity index is 1.29. The molecule has 1 N–H and O–H groups in total. The van der Waals surface area contributed by atoms with Crippen molar-refractivity contribution >= 4 is 12.1 Å². The number of benzene rings is 1. The fourth-order valence-electron chi connectivity index (χ4n) is 5.83. The molecule has 5 heteroatoms. The van der Waals surface area contributed by atoms with Gasteiger partial charge in [-0.25, -0.2) is 5.43 Å². The number of hydrogen-bond donors (Lipinski definition) is 1. The quantitative estimate of drug-likeness (QED) is 0.628. The third kappa shape index (κ3) is 3.75. The van der Waals surface area contributed by atoms with Gasteiger partial charge >= 0.3 is 0 Å². The van der Waals surface area contributed by atoms with Crippen LogP contribution in [0.5, 0.6) is 5.75 Å². The maximum absolute atomic E-state index is 12.4. The van der Waals surface area contributed by atoms with Crippen LogP contribution in [0.2, 0.25) is 0 Å². The van der Waals surface area contributed by atoms with Crippen molar-refractivity contribution < 1.29 is 9.53 Å². The molecule has 0 saturated heterocycles. The summed E-state index contributed by atoms with van der Waals surface area (Å²) < 4.78 is 5.21. The predicted molar refractivity (Wildman–Crippen MR) is 98.5 cm³/mol. The molecule has 4 fully saturated rings. The Morgan fingerprint density at radius 2 is 1.81 bits per heavy atom. The van der Waals surface area contributed by atoms with Crippen molar-refractivity contribution in [3.05, 3.63) is 29.8 Å². The second-order valence-electron chi connectivity index (χ2n) is 8.40. The minimum Gasteiger partial charge on any atom is -0.479 e. The summed E-state index contributed by atoms with van der Waals surface area (Å²) in [6.45, 7) is 0.0355. The summed E-state index contributed by atoms with van der Waals surface area (Å²) in [7, 11) is 0. The predicted octanol–water partition coefficient (Wildman–Crippen LogP) is 3.65. The fourth-order valence-corrected chi connectivity index (χ4v) is 5.83. The van der Waals surface area contributed by atoms with E-state index in [2.05, 4.69) is 10.5 Å². The van der Waals surface area contributed by atoms with Crippen molar-refractivity contribution in [3.8, 4) is 11.8 Å². The van der Waals surface area contributed by atoms with Crippen LogP contribution in [0, 0.1) is 34.5 Å². The van der Waals surface area contributed by atoms with Crippen molar-refractivity contribution in [2.75, 3.05) is 6.61 Å². The summed E-state index contributed by atoms with van der Waals surface area (Å²) in [5.74, 6) is 3.27. The molecule has 136 valence electrons. The second kappa shape index (κ2) is 7.11. The van der Waals surface area contributed by atoms with Crippen molar-refractivity contribution in [1.82, 2.24) is 5.43 Å². The molecule has 0 unspecified atom stereocenters. The van der Waals surface area contributed by atoms with E-state index in [0.717, 1.165) is 23.3 Å². The lowest BCUT2D eigenvalue weighted by Crippen LogP contribution is -2.47. The lowest BCUT2D eigenvalue weighted by Gasteiger charge is -2.56. The molecule has 1 aromatic rings. The molecule has 1 amide bonds.